The molecule has 1 saturated heterocycles. The number of rotatable bonds is 11. The summed E-state index contributed by atoms with van der Waals surface area (Å²) in [5, 5.41) is 8.66. The highest BCUT2D eigenvalue weighted by molar-refractivity contribution is 5.92. The van der Waals surface area contributed by atoms with Gasteiger partial charge in [-0.25, -0.2) is 5.43 Å². The van der Waals surface area contributed by atoms with Crippen LogP contribution in [0.5, 0.6) is 0 Å². The molecular formula is C30H39N5O5. The maximum atomic E-state index is 13.1. The standard InChI is InChI=1S/C30H39N5O5/c1-7-10-26(36)33-27(18(3)4)28(37)32-19(5)29(38)35-14-9-11-25(34-35)30(39)40-20(6)21-12-13-22-17-31-24(8-2)16-23(22)15-21/h7-8,12-13,15-20,25,27,34H,1-2,9-11,14H2,3-6H3,(H,32,37)(H,33,36)/t19-,20?,25-,27-/m0/s1. The third kappa shape index (κ3) is 7.75. The summed E-state index contributed by atoms with van der Waals surface area (Å²) in [5.74, 6) is -1.82. The fourth-order valence-electron chi connectivity index (χ4n) is 4.48. The minimum Gasteiger partial charge on any atom is -0.457 e. The molecule has 3 amide bonds. The minimum absolute atomic E-state index is 0.0906. The summed E-state index contributed by atoms with van der Waals surface area (Å²) in [7, 11) is 0. The van der Waals surface area contributed by atoms with Crippen molar-refractivity contribution in [3.8, 4) is 0 Å². The second-order valence-electron chi connectivity index (χ2n) is 10.3. The van der Waals surface area contributed by atoms with Gasteiger partial charge in [0.05, 0.1) is 5.69 Å². The van der Waals surface area contributed by atoms with Crippen LogP contribution in [0.1, 0.15) is 64.3 Å². The number of amides is 3. The Kier molecular flexibility index (Phi) is 10.6. The zero-order valence-electron chi connectivity index (χ0n) is 23.6. The molecule has 1 aliphatic heterocycles. The molecule has 0 aliphatic carbocycles. The number of esters is 1. The van der Waals surface area contributed by atoms with Crippen molar-refractivity contribution in [1.82, 2.24) is 26.1 Å². The van der Waals surface area contributed by atoms with E-state index in [1.54, 1.807) is 26.1 Å². The molecule has 1 aliphatic rings. The summed E-state index contributed by atoms with van der Waals surface area (Å²) < 4.78 is 5.76. The smallest absolute Gasteiger partial charge is 0.325 e. The number of carbonyl (C=O) groups excluding carboxylic acids is 4. The molecule has 3 rings (SSSR count). The van der Waals surface area contributed by atoms with E-state index in [0.717, 1.165) is 22.0 Å². The largest absolute Gasteiger partial charge is 0.457 e. The number of benzene rings is 1. The Morgan fingerprint density at radius 3 is 2.55 bits per heavy atom. The lowest BCUT2D eigenvalue weighted by Gasteiger charge is -2.35. The molecule has 2 aromatic rings. The number of hydrazine groups is 1. The monoisotopic (exact) mass is 549 g/mol. The van der Waals surface area contributed by atoms with Gasteiger partial charge in [-0.15, -0.1) is 6.58 Å². The van der Waals surface area contributed by atoms with Crippen molar-refractivity contribution < 1.29 is 23.9 Å². The summed E-state index contributed by atoms with van der Waals surface area (Å²) in [4.78, 5) is 55.3. The Morgan fingerprint density at radius 2 is 1.88 bits per heavy atom. The molecule has 10 nitrogen and oxygen atoms in total. The molecule has 1 aromatic heterocycles. The summed E-state index contributed by atoms with van der Waals surface area (Å²) in [5.41, 5.74) is 4.56. The molecule has 3 N–H and O–H groups in total. The summed E-state index contributed by atoms with van der Waals surface area (Å²) in [6, 6.07) is 5.33. The van der Waals surface area contributed by atoms with Crippen molar-refractivity contribution >= 4 is 40.5 Å². The molecule has 214 valence electrons. The normalized spacial score (nSPS) is 17.4. The van der Waals surface area contributed by atoms with Gasteiger partial charge in [-0.2, -0.15) is 0 Å². The van der Waals surface area contributed by atoms with Crippen molar-refractivity contribution in [2.75, 3.05) is 6.54 Å². The molecule has 0 spiro atoms. The third-order valence-corrected chi connectivity index (χ3v) is 6.80. The SMILES string of the molecule is C=CCC(=O)N[C@H](C(=O)N[C@@H](C)C(=O)N1CCC[C@@H](C(=O)OC(C)c2ccc3cnc(C=C)cc3c2)N1)C(C)C. The number of carbonyl (C=O) groups is 4. The van der Waals surface area contributed by atoms with Crippen molar-refractivity contribution in [2.45, 2.75) is 71.2 Å². The number of hydrogen-bond donors (Lipinski definition) is 3. The van der Waals surface area contributed by atoms with E-state index in [4.69, 9.17) is 4.74 Å². The number of hydrogen-bond acceptors (Lipinski definition) is 7. The van der Waals surface area contributed by atoms with E-state index in [1.807, 2.05) is 38.1 Å². The summed E-state index contributed by atoms with van der Waals surface area (Å²) in [6.07, 6.45) is 5.59. The van der Waals surface area contributed by atoms with Crippen LogP contribution in [-0.2, 0) is 23.9 Å². The van der Waals surface area contributed by atoms with Gasteiger partial charge in [0.2, 0.25) is 11.8 Å². The molecular weight excluding hydrogens is 510 g/mol. The molecule has 10 heteroatoms. The minimum atomic E-state index is -0.876. The summed E-state index contributed by atoms with van der Waals surface area (Å²) in [6.45, 7) is 14.7. The predicted octanol–water partition coefficient (Wildman–Crippen LogP) is 3.20. The van der Waals surface area contributed by atoms with Crippen LogP contribution >= 0.6 is 0 Å². The van der Waals surface area contributed by atoms with Gasteiger partial charge in [0.15, 0.2) is 0 Å². The lowest BCUT2D eigenvalue weighted by molar-refractivity contribution is -0.157. The fraction of sp³-hybridized carbons (Fsp3) is 0.433. The molecule has 0 bridgehead atoms. The zero-order chi connectivity index (χ0) is 29.4. The van der Waals surface area contributed by atoms with Gasteiger partial charge < -0.3 is 15.4 Å². The highest BCUT2D eigenvalue weighted by Gasteiger charge is 2.33. The van der Waals surface area contributed by atoms with E-state index in [0.29, 0.717) is 19.4 Å². The topological polar surface area (TPSA) is 130 Å². The highest BCUT2D eigenvalue weighted by Crippen LogP contribution is 2.24. The number of ether oxygens (including phenoxy) is 1. The number of nitrogens with one attached hydrogen (secondary N) is 3. The summed E-state index contributed by atoms with van der Waals surface area (Å²) >= 11 is 0. The van der Waals surface area contributed by atoms with E-state index < -0.39 is 36.1 Å². The van der Waals surface area contributed by atoms with Gasteiger partial charge in [0.1, 0.15) is 24.2 Å². The third-order valence-electron chi connectivity index (χ3n) is 6.80. The van der Waals surface area contributed by atoms with E-state index >= 15 is 0 Å². The first-order valence-corrected chi connectivity index (χ1v) is 13.5. The van der Waals surface area contributed by atoms with Gasteiger partial charge in [-0.05, 0) is 61.8 Å². The van der Waals surface area contributed by atoms with Crippen LogP contribution in [-0.4, -0.2) is 58.4 Å². The van der Waals surface area contributed by atoms with E-state index in [9.17, 15) is 19.2 Å². The maximum Gasteiger partial charge on any atom is 0.325 e. The number of fused-ring (bicyclic) bond motifs is 1. The molecule has 2 heterocycles. The molecule has 4 atom stereocenters. The van der Waals surface area contributed by atoms with E-state index in [1.165, 1.54) is 11.1 Å². The zero-order valence-corrected chi connectivity index (χ0v) is 23.6. The highest BCUT2D eigenvalue weighted by atomic mass is 16.5. The lowest BCUT2D eigenvalue weighted by atomic mass is 10.0. The van der Waals surface area contributed by atoms with Crippen LogP contribution in [0.25, 0.3) is 16.8 Å². The second-order valence-corrected chi connectivity index (χ2v) is 10.3. The van der Waals surface area contributed by atoms with Crippen molar-refractivity contribution in [3.05, 3.63) is 61.0 Å². The molecule has 1 fully saturated rings. The molecule has 40 heavy (non-hydrogen) atoms. The first-order valence-electron chi connectivity index (χ1n) is 13.5. The van der Waals surface area contributed by atoms with Crippen LogP contribution in [0.4, 0.5) is 0 Å². The quantitative estimate of drug-likeness (QED) is 0.290. The number of pyridine rings is 1. The predicted molar refractivity (Wildman–Crippen MR) is 153 cm³/mol. The van der Waals surface area contributed by atoms with E-state index in [2.05, 4.69) is 34.2 Å². The van der Waals surface area contributed by atoms with Gasteiger partial charge >= 0.3 is 5.97 Å². The Balaban J connectivity index is 1.59. The molecule has 1 unspecified atom stereocenters. The first-order chi connectivity index (χ1) is 19.0. The first kappa shape index (κ1) is 30.5. The lowest BCUT2D eigenvalue weighted by Crippen LogP contribution is -2.61. The van der Waals surface area contributed by atoms with Crippen molar-refractivity contribution in [1.29, 1.82) is 0 Å². The van der Waals surface area contributed by atoms with Crippen LogP contribution < -0.4 is 16.1 Å². The van der Waals surface area contributed by atoms with Crippen LogP contribution in [0.3, 0.4) is 0 Å². The fourth-order valence-corrected chi connectivity index (χ4v) is 4.48. The van der Waals surface area contributed by atoms with Gasteiger partial charge in [0.25, 0.3) is 5.91 Å². The number of nitrogens with zero attached hydrogens (tertiary/aromatic N) is 2. The molecule has 0 radical (unpaired) electrons. The average Bonchev–Trinajstić information content (AvgIpc) is 2.94. The number of aromatic nitrogens is 1. The van der Waals surface area contributed by atoms with Gasteiger partial charge in [-0.3, -0.25) is 29.2 Å². The van der Waals surface area contributed by atoms with Crippen LogP contribution in [0.2, 0.25) is 0 Å². The van der Waals surface area contributed by atoms with Gasteiger partial charge in [0, 0.05) is 24.5 Å². The molecule has 0 saturated carbocycles. The molecule has 1 aromatic carbocycles. The van der Waals surface area contributed by atoms with Crippen LogP contribution in [0.15, 0.2) is 49.7 Å². The second kappa shape index (κ2) is 13.8. The van der Waals surface area contributed by atoms with E-state index in [-0.39, 0.29) is 24.2 Å². The Morgan fingerprint density at radius 1 is 1.12 bits per heavy atom. The Hall–Kier alpha value is -4.05. The Labute approximate surface area is 235 Å². The van der Waals surface area contributed by atoms with Gasteiger partial charge in [-0.1, -0.05) is 38.6 Å². The maximum absolute atomic E-state index is 13.1. The van der Waals surface area contributed by atoms with Crippen LogP contribution in [0, 0.1) is 5.92 Å². The Bertz CT molecular complexity index is 1280. The van der Waals surface area contributed by atoms with Crippen molar-refractivity contribution in [2.24, 2.45) is 5.92 Å². The average molecular weight is 550 g/mol. The van der Waals surface area contributed by atoms with Crippen molar-refractivity contribution in [3.63, 3.8) is 0 Å².